The van der Waals surface area contributed by atoms with Crippen LogP contribution >= 0.6 is 0 Å². The number of anilines is 1. The summed E-state index contributed by atoms with van der Waals surface area (Å²) in [5, 5.41) is 13.9. The zero-order valence-corrected chi connectivity index (χ0v) is 11.5. The molecular formula is C14H18F2N2O2. The van der Waals surface area contributed by atoms with E-state index in [-0.39, 0.29) is 11.7 Å². The molecule has 0 aromatic heterocycles. The fraction of sp³-hybridized carbons (Fsp3) is 0.571. The molecule has 0 amide bonds. The van der Waals surface area contributed by atoms with Gasteiger partial charge in [0.2, 0.25) is 5.82 Å². The van der Waals surface area contributed by atoms with Crippen molar-refractivity contribution < 1.29 is 13.7 Å². The van der Waals surface area contributed by atoms with E-state index in [1.807, 2.05) is 0 Å². The smallest absolute Gasteiger partial charge is 0.327 e. The van der Waals surface area contributed by atoms with Crippen LogP contribution in [0.3, 0.4) is 0 Å². The average molecular weight is 284 g/mol. The van der Waals surface area contributed by atoms with Crippen LogP contribution in [0.2, 0.25) is 0 Å². The van der Waals surface area contributed by atoms with Crippen molar-refractivity contribution in [3.05, 3.63) is 33.9 Å². The predicted molar refractivity (Wildman–Crippen MR) is 72.6 cm³/mol. The maximum atomic E-state index is 13.6. The predicted octanol–water partition coefficient (Wildman–Crippen LogP) is 4.11. The van der Waals surface area contributed by atoms with E-state index in [1.165, 1.54) is 0 Å². The van der Waals surface area contributed by atoms with Crippen molar-refractivity contribution in [2.24, 2.45) is 11.8 Å². The maximum absolute atomic E-state index is 13.6. The molecule has 0 aliphatic heterocycles. The largest absolute Gasteiger partial charge is 0.376 e. The fourth-order valence-corrected chi connectivity index (χ4v) is 2.94. The lowest BCUT2D eigenvalue weighted by Crippen LogP contribution is -2.33. The summed E-state index contributed by atoms with van der Waals surface area (Å²) in [5.41, 5.74) is -0.754. The van der Waals surface area contributed by atoms with Gasteiger partial charge in [0.1, 0.15) is 11.5 Å². The summed E-state index contributed by atoms with van der Waals surface area (Å²) in [4.78, 5) is 10.1. The van der Waals surface area contributed by atoms with Gasteiger partial charge in [-0.3, -0.25) is 10.1 Å². The number of rotatable bonds is 3. The summed E-state index contributed by atoms with van der Waals surface area (Å²) >= 11 is 0. The Morgan fingerprint density at radius 1 is 1.30 bits per heavy atom. The van der Waals surface area contributed by atoms with E-state index in [4.69, 9.17) is 0 Å². The van der Waals surface area contributed by atoms with E-state index in [1.54, 1.807) is 0 Å². The van der Waals surface area contributed by atoms with Crippen LogP contribution in [0.4, 0.5) is 20.2 Å². The van der Waals surface area contributed by atoms with Gasteiger partial charge in [0.25, 0.3) is 0 Å². The van der Waals surface area contributed by atoms with Gasteiger partial charge in [-0.25, -0.2) is 4.39 Å². The quantitative estimate of drug-likeness (QED) is 0.671. The number of benzene rings is 1. The van der Waals surface area contributed by atoms with Gasteiger partial charge in [-0.2, -0.15) is 4.39 Å². The Labute approximate surface area is 116 Å². The van der Waals surface area contributed by atoms with Gasteiger partial charge in [-0.15, -0.1) is 0 Å². The minimum Gasteiger partial charge on any atom is -0.376 e. The Morgan fingerprint density at radius 2 is 2.00 bits per heavy atom. The van der Waals surface area contributed by atoms with Gasteiger partial charge in [-0.05, 0) is 31.1 Å². The SMILES string of the molecule is CC1CCC(Nc2cc(F)cc(F)c2[N+](=O)[O-])C(C)C1. The molecule has 6 heteroatoms. The molecule has 1 saturated carbocycles. The lowest BCUT2D eigenvalue weighted by Gasteiger charge is -2.33. The molecule has 3 atom stereocenters. The Kier molecular flexibility index (Phi) is 4.20. The first kappa shape index (κ1) is 14.7. The topological polar surface area (TPSA) is 55.2 Å². The Bertz CT molecular complexity index is 522. The van der Waals surface area contributed by atoms with Crippen LogP contribution < -0.4 is 5.32 Å². The summed E-state index contributed by atoms with van der Waals surface area (Å²) < 4.78 is 26.8. The third-order valence-corrected chi connectivity index (χ3v) is 3.98. The van der Waals surface area contributed by atoms with Gasteiger partial charge < -0.3 is 5.32 Å². The number of nitrogens with one attached hydrogen (secondary N) is 1. The normalized spacial score (nSPS) is 26.3. The lowest BCUT2D eigenvalue weighted by molar-refractivity contribution is -0.386. The van der Waals surface area contributed by atoms with Crippen molar-refractivity contribution >= 4 is 11.4 Å². The highest BCUT2D eigenvalue weighted by molar-refractivity contribution is 5.62. The summed E-state index contributed by atoms with van der Waals surface area (Å²) in [7, 11) is 0. The molecule has 0 bridgehead atoms. The van der Waals surface area contributed by atoms with Crippen LogP contribution in [0.1, 0.15) is 33.1 Å². The third-order valence-electron chi connectivity index (χ3n) is 3.98. The highest BCUT2D eigenvalue weighted by Gasteiger charge is 2.29. The molecule has 1 aromatic rings. The Hall–Kier alpha value is -1.72. The molecule has 110 valence electrons. The highest BCUT2D eigenvalue weighted by Crippen LogP contribution is 2.34. The van der Waals surface area contributed by atoms with Crippen molar-refractivity contribution in [3.8, 4) is 0 Å². The van der Waals surface area contributed by atoms with Gasteiger partial charge in [0.15, 0.2) is 0 Å². The second-order valence-electron chi connectivity index (χ2n) is 5.69. The minimum atomic E-state index is -1.14. The average Bonchev–Trinajstić information content (AvgIpc) is 2.31. The van der Waals surface area contributed by atoms with Gasteiger partial charge >= 0.3 is 5.69 Å². The molecule has 0 radical (unpaired) electrons. The van der Waals surface area contributed by atoms with E-state index in [0.717, 1.165) is 25.3 Å². The standard InChI is InChI=1S/C14H18F2N2O2/c1-8-3-4-12(9(2)5-8)17-13-7-10(15)6-11(16)14(13)18(19)20/h6-9,12,17H,3-5H2,1-2H3. The molecule has 20 heavy (non-hydrogen) atoms. The van der Waals surface area contributed by atoms with Crippen molar-refractivity contribution in [3.63, 3.8) is 0 Å². The molecule has 1 aliphatic rings. The number of nitrogens with zero attached hydrogens (tertiary/aromatic N) is 1. The molecule has 3 unspecified atom stereocenters. The van der Waals surface area contributed by atoms with Gasteiger partial charge in [0.05, 0.1) is 4.92 Å². The fourth-order valence-electron chi connectivity index (χ4n) is 2.94. The first-order chi connectivity index (χ1) is 9.38. The summed E-state index contributed by atoms with van der Waals surface area (Å²) in [5.74, 6) is -1.03. The van der Waals surface area contributed by atoms with Crippen LogP contribution in [0.15, 0.2) is 12.1 Å². The summed E-state index contributed by atoms with van der Waals surface area (Å²) in [6, 6.07) is 1.54. The van der Waals surface area contributed by atoms with Crippen molar-refractivity contribution in [2.75, 3.05) is 5.32 Å². The van der Waals surface area contributed by atoms with E-state index < -0.39 is 22.2 Å². The minimum absolute atomic E-state index is 0.00565. The van der Waals surface area contributed by atoms with Crippen LogP contribution in [0.5, 0.6) is 0 Å². The van der Waals surface area contributed by atoms with Gasteiger partial charge in [0, 0.05) is 18.2 Å². The first-order valence-electron chi connectivity index (χ1n) is 6.78. The first-order valence-corrected chi connectivity index (χ1v) is 6.78. The second kappa shape index (κ2) is 5.73. The second-order valence-corrected chi connectivity index (χ2v) is 5.69. The zero-order chi connectivity index (χ0) is 14.9. The molecule has 2 rings (SSSR count). The van der Waals surface area contributed by atoms with Gasteiger partial charge in [-0.1, -0.05) is 13.8 Å². The number of halogens is 2. The van der Waals surface area contributed by atoms with Crippen LogP contribution in [-0.4, -0.2) is 11.0 Å². The monoisotopic (exact) mass is 284 g/mol. The third kappa shape index (κ3) is 3.05. The molecule has 0 heterocycles. The number of nitro groups is 1. The highest BCUT2D eigenvalue weighted by atomic mass is 19.1. The molecule has 1 aliphatic carbocycles. The number of hydrogen-bond acceptors (Lipinski definition) is 3. The zero-order valence-electron chi connectivity index (χ0n) is 11.5. The van der Waals surface area contributed by atoms with E-state index in [9.17, 15) is 18.9 Å². The Morgan fingerprint density at radius 3 is 2.60 bits per heavy atom. The molecular weight excluding hydrogens is 266 g/mol. The molecule has 4 nitrogen and oxygen atoms in total. The number of hydrogen-bond donors (Lipinski definition) is 1. The molecule has 1 fully saturated rings. The lowest BCUT2D eigenvalue weighted by atomic mass is 9.80. The molecule has 1 aromatic carbocycles. The van der Waals surface area contributed by atoms with E-state index in [0.29, 0.717) is 17.9 Å². The summed E-state index contributed by atoms with van der Waals surface area (Å²) in [6.45, 7) is 4.21. The van der Waals surface area contributed by atoms with Crippen LogP contribution in [-0.2, 0) is 0 Å². The van der Waals surface area contributed by atoms with Crippen molar-refractivity contribution in [2.45, 2.75) is 39.2 Å². The van der Waals surface area contributed by atoms with Crippen molar-refractivity contribution in [1.29, 1.82) is 0 Å². The molecule has 0 saturated heterocycles. The van der Waals surface area contributed by atoms with Crippen LogP contribution in [0.25, 0.3) is 0 Å². The van der Waals surface area contributed by atoms with Crippen molar-refractivity contribution in [1.82, 2.24) is 0 Å². The van der Waals surface area contributed by atoms with Crippen LogP contribution in [0, 0.1) is 33.6 Å². The molecule has 1 N–H and O–H groups in total. The molecule has 0 spiro atoms. The van der Waals surface area contributed by atoms with E-state index >= 15 is 0 Å². The maximum Gasteiger partial charge on any atom is 0.327 e. The number of nitro benzene ring substituents is 1. The summed E-state index contributed by atoms with van der Waals surface area (Å²) in [6.07, 6.45) is 2.86. The van der Waals surface area contributed by atoms with E-state index in [2.05, 4.69) is 19.2 Å². The Balaban J connectivity index is 2.26.